The second kappa shape index (κ2) is 8.53. The first-order chi connectivity index (χ1) is 13.0. The summed E-state index contributed by atoms with van der Waals surface area (Å²) in [5.74, 6) is -0.124. The summed E-state index contributed by atoms with van der Waals surface area (Å²) in [6.45, 7) is 7.40. The van der Waals surface area contributed by atoms with Crippen molar-refractivity contribution in [1.82, 2.24) is 9.78 Å². The van der Waals surface area contributed by atoms with Crippen molar-refractivity contribution in [2.24, 2.45) is 7.05 Å². The molecule has 2 aromatic rings. The number of rotatable bonds is 7. The number of nitrogens with zero attached hydrogens (tertiary/aromatic N) is 2. The summed E-state index contributed by atoms with van der Waals surface area (Å²) in [7, 11) is 1.76. The molecule has 1 aromatic heterocycles. The molecule has 0 spiro atoms. The number of aromatic nitrogens is 2. The van der Waals surface area contributed by atoms with E-state index >= 15 is 0 Å². The van der Waals surface area contributed by atoms with Crippen molar-refractivity contribution in [1.29, 1.82) is 0 Å². The molecule has 0 radical (unpaired) electrons. The van der Waals surface area contributed by atoms with Crippen LogP contribution in [0, 0.1) is 13.8 Å². The van der Waals surface area contributed by atoms with Gasteiger partial charge in [-0.3, -0.25) is 9.48 Å². The minimum atomic E-state index is -4.49. The summed E-state index contributed by atoms with van der Waals surface area (Å²) >= 11 is 0. The molecule has 0 aliphatic heterocycles. The van der Waals surface area contributed by atoms with Crippen molar-refractivity contribution in [2.45, 2.75) is 46.3 Å². The van der Waals surface area contributed by atoms with Crippen molar-refractivity contribution in [3.8, 4) is 5.75 Å². The van der Waals surface area contributed by atoms with Crippen molar-refractivity contribution < 1.29 is 22.7 Å². The lowest BCUT2D eigenvalue weighted by Gasteiger charge is -2.19. The van der Waals surface area contributed by atoms with E-state index in [0.717, 1.165) is 17.8 Å². The first-order valence-electron chi connectivity index (χ1n) is 8.96. The van der Waals surface area contributed by atoms with Gasteiger partial charge in [-0.05, 0) is 45.4 Å². The summed E-state index contributed by atoms with van der Waals surface area (Å²) in [6.07, 6.45) is -3.79. The average Bonchev–Trinajstić information content (AvgIpc) is 2.85. The molecule has 1 atom stereocenters. The van der Waals surface area contributed by atoms with Gasteiger partial charge < -0.3 is 15.4 Å². The maximum absolute atomic E-state index is 13.1. The number of anilines is 2. The highest BCUT2D eigenvalue weighted by Gasteiger charge is 2.31. The van der Waals surface area contributed by atoms with Gasteiger partial charge in [0.2, 0.25) is 5.91 Å². The van der Waals surface area contributed by atoms with Gasteiger partial charge in [0.1, 0.15) is 11.8 Å². The number of aryl methyl sites for hydroxylation is 2. The molecule has 9 heteroatoms. The Morgan fingerprint density at radius 1 is 1.32 bits per heavy atom. The van der Waals surface area contributed by atoms with Crippen LogP contribution < -0.4 is 15.4 Å². The maximum Gasteiger partial charge on any atom is 0.416 e. The highest BCUT2D eigenvalue weighted by Crippen LogP contribution is 2.35. The fourth-order valence-electron chi connectivity index (χ4n) is 2.64. The molecule has 28 heavy (non-hydrogen) atoms. The van der Waals surface area contributed by atoms with E-state index in [1.54, 1.807) is 25.6 Å². The van der Waals surface area contributed by atoms with E-state index in [1.165, 1.54) is 6.07 Å². The summed E-state index contributed by atoms with van der Waals surface area (Å²) in [6, 6.07) is 2.38. The Balaban J connectivity index is 2.22. The Morgan fingerprint density at radius 2 is 2.00 bits per heavy atom. The lowest BCUT2D eigenvalue weighted by molar-refractivity contribution is -0.137. The molecule has 0 bridgehead atoms. The standard InChI is InChI=1S/C19H25F3N4O2/c1-6-9-28-16-8-7-14(19(20,21)22)10-15(16)23-12(3)18(27)24-17-11(2)25-26(5)13(17)4/h7-8,10,12,23H,6,9H2,1-5H3,(H,24,27). The highest BCUT2D eigenvalue weighted by molar-refractivity contribution is 5.97. The van der Waals surface area contributed by atoms with Crippen molar-refractivity contribution >= 4 is 17.3 Å². The van der Waals surface area contributed by atoms with E-state index in [-0.39, 0.29) is 11.4 Å². The fraction of sp³-hybridized carbons (Fsp3) is 0.474. The van der Waals surface area contributed by atoms with Gasteiger partial charge in [0.05, 0.1) is 34.9 Å². The molecule has 1 unspecified atom stereocenters. The topological polar surface area (TPSA) is 68.2 Å². The van der Waals surface area contributed by atoms with E-state index < -0.39 is 23.7 Å². The van der Waals surface area contributed by atoms with Crippen LogP contribution in [-0.2, 0) is 18.0 Å². The Morgan fingerprint density at radius 3 is 2.54 bits per heavy atom. The molecule has 154 valence electrons. The summed E-state index contributed by atoms with van der Waals surface area (Å²) in [5.41, 5.74) is 1.33. The predicted octanol–water partition coefficient (Wildman–Crippen LogP) is 4.28. The fourth-order valence-corrected chi connectivity index (χ4v) is 2.64. The molecule has 2 N–H and O–H groups in total. The Kier molecular flexibility index (Phi) is 6.58. The van der Waals surface area contributed by atoms with Gasteiger partial charge in [-0.1, -0.05) is 6.92 Å². The number of benzene rings is 1. The number of halogens is 3. The second-order valence-electron chi connectivity index (χ2n) is 6.58. The summed E-state index contributed by atoms with van der Waals surface area (Å²) in [5, 5.41) is 9.84. The third-order valence-electron chi connectivity index (χ3n) is 4.29. The molecule has 0 fully saturated rings. The van der Waals surface area contributed by atoms with Crippen molar-refractivity contribution in [2.75, 3.05) is 17.2 Å². The molecule has 0 aliphatic rings. The maximum atomic E-state index is 13.1. The molecular formula is C19H25F3N4O2. The zero-order valence-electron chi connectivity index (χ0n) is 16.6. The van der Waals surface area contributed by atoms with Crippen LogP contribution in [0.2, 0.25) is 0 Å². The van der Waals surface area contributed by atoms with E-state index in [2.05, 4.69) is 15.7 Å². The smallest absolute Gasteiger partial charge is 0.416 e. The Hall–Kier alpha value is -2.71. The second-order valence-corrected chi connectivity index (χ2v) is 6.58. The molecule has 0 saturated carbocycles. The third kappa shape index (κ3) is 4.96. The predicted molar refractivity (Wildman–Crippen MR) is 102 cm³/mol. The lowest BCUT2D eigenvalue weighted by atomic mass is 10.1. The Labute approximate surface area is 162 Å². The molecule has 2 rings (SSSR count). The van der Waals surface area contributed by atoms with Crippen LogP contribution in [0.4, 0.5) is 24.5 Å². The SMILES string of the molecule is CCCOc1ccc(C(F)(F)F)cc1NC(C)C(=O)Nc1c(C)nn(C)c1C. The van der Waals surface area contributed by atoms with Gasteiger partial charge in [0.25, 0.3) is 0 Å². The lowest BCUT2D eigenvalue weighted by Crippen LogP contribution is -2.32. The number of ether oxygens (including phenoxy) is 1. The normalized spacial score (nSPS) is 12.6. The van der Waals surface area contributed by atoms with Crippen LogP contribution in [0.3, 0.4) is 0 Å². The van der Waals surface area contributed by atoms with Crippen molar-refractivity contribution in [3.63, 3.8) is 0 Å². The first kappa shape index (κ1) is 21.6. The zero-order valence-corrected chi connectivity index (χ0v) is 16.6. The molecular weight excluding hydrogens is 373 g/mol. The molecule has 1 heterocycles. The van der Waals surface area contributed by atoms with Gasteiger partial charge >= 0.3 is 6.18 Å². The molecule has 6 nitrogen and oxygen atoms in total. The van der Waals surface area contributed by atoms with E-state index in [1.807, 2.05) is 13.8 Å². The van der Waals surface area contributed by atoms with Crippen LogP contribution in [0.1, 0.15) is 37.2 Å². The monoisotopic (exact) mass is 398 g/mol. The van der Waals surface area contributed by atoms with Gasteiger partial charge in [0, 0.05) is 7.05 Å². The summed E-state index contributed by atoms with van der Waals surface area (Å²) < 4.78 is 46.4. The number of nitrogens with one attached hydrogen (secondary N) is 2. The van der Waals surface area contributed by atoms with Gasteiger partial charge in [-0.15, -0.1) is 0 Å². The minimum Gasteiger partial charge on any atom is -0.491 e. The van der Waals surface area contributed by atoms with Crippen LogP contribution in [-0.4, -0.2) is 28.3 Å². The number of hydrogen-bond donors (Lipinski definition) is 2. The van der Waals surface area contributed by atoms with E-state index in [9.17, 15) is 18.0 Å². The van der Waals surface area contributed by atoms with Gasteiger partial charge in [-0.25, -0.2) is 0 Å². The van der Waals surface area contributed by atoms with Crippen LogP contribution in [0.15, 0.2) is 18.2 Å². The number of carbonyl (C=O) groups is 1. The number of alkyl halides is 3. The van der Waals surface area contributed by atoms with Crippen LogP contribution >= 0.6 is 0 Å². The largest absolute Gasteiger partial charge is 0.491 e. The highest BCUT2D eigenvalue weighted by atomic mass is 19.4. The first-order valence-corrected chi connectivity index (χ1v) is 8.96. The molecule has 0 aliphatic carbocycles. The molecule has 1 aromatic carbocycles. The number of carbonyl (C=O) groups excluding carboxylic acids is 1. The van der Waals surface area contributed by atoms with Crippen molar-refractivity contribution in [3.05, 3.63) is 35.2 Å². The molecule has 0 saturated heterocycles. The number of hydrogen-bond acceptors (Lipinski definition) is 4. The van der Waals surface area contributed by atoms with Gasteiger partial charge in [0.15, 0.2) is 0 Å². The number of amides is 1. The third-order valence-corrected chi connectivity index (χ3v) is 4.29. The molecule has 1 amide bonds. The zero-order chi connectivity index (χ0) is 21.1. The van der Waals surface area contributed by atoms with Crippen LogP contribution in [0.25, 0.3) is 0 Å². The quantitative estimate of drug-likeness (QED) is 0.730. The minimum absolute atomic E-state index is 0.116. The van der Waals surface area contributed by atoms with E-state index in [0.29, 0.717) is 24.4 Å². The van der Waals surface area contributed by atoms with Gasteiger partial charge in [-0.2, -0.15) is 18.3 Å². The Bertz CT molecular complexity index is 846. The average molecular weight is 398 g/mol. The summed E-state index contributed by atoms with van der Waals surface area (Å²) in [4.78, 5) is 12.6. The van der Waals surface area contributed by atoms with Crippen LogP contribution in [0.5, 0.6) is 5.75 Å². The van der Waals surface area contributed by atoms with E-state index in [4.69, 9.17) is 4.74 Å².